The molecule has 0 aliphatic heterocycles. The fourth-order valence-electron chi connectivity index (χ4n) is 3.15. The first-order chi connectivity index (χ1) is 14.5. The Morgan fingerprint density at radius 3 is 2.70 bits per heavy atom. The minimum Gasteiger partial charge on any atom is -0.368 e. The van der Waals surface area contributed by atoms with E-state index in [2.05, 4.69) is 27.0 Å². The fourth-order valence-corrected chi connectivity index (χ4v) is 3.15. The summed E-state index contributed by atoms with van der Waals surface area (Å²) >= 11 is 0. The molecule has 1 N–H and O–H groups in total. The normalized spacial score (nSPS) is 10.9. The van der Waals surface area contributed by atoms with Crippen molar-refractivity contribution in [3.63, 3.8) is 0 Å². The molecule has 0 aliphatic carbocycles. The molecule has 0 saturated heterocycles. The number of unbranched alkanes of at least 4 members (excludes halogenated alkanes) is 1. The quantitative estimate of drug-likeness (QED) is 0.359. The van der Waals surface area contributed by atoms with Crippen molar-refractivity contribution in [1.29, 1.82) is 0 Å². The van der Waals surface area contributed by atoms with Crippen molar-refractivity contribution in [3.8, 4) is 11.5 Å². The second kappa shape index (κ2) is 10.1. The van der Waals surface area contributed by atoms with E-state index in [-0.39, 0.29) is 11.6 Å². The van der Waals surface area contributed by atoms with Crippen LogP contribution in [-0.2, 0) is 13.0 Å². The van der Waals surface area contributed by atoms with Crippen LogP contribution >= 0.6 is 0 Å². The van der Waals surface area contributed by atoms with E-state index in [1.807, 2.05) is 19.9 Å². The Morgan fingerprint density at radius 2 is 1.97 bits per heavy atom. The SMILES string of the molecule is C=C(C)CCCCNc1nc(-c2cc(CC)n(Cc3ccccc3F)n2)ncc1F. The zero-order valence-electron chi connectivity index (χ0n) is 17.5. The third-order valence-electron chi connectivity index (χ3n) is 4.80. The Kier molecular flexibility index (Phi) is 7.27. The average molecular weight is 412 g/mol. The molecular formula is C23H27F2N5. The maximum absolute atomic E-state index is 14.1. The predicted octanol–water partition coefficient (Wildman–Crippen LogP) is 5.39. The van der Waals surface area contributed by atoms with Crippen LogP contribution in [0.4, 0.5) is 14.6 Å². The first-order valence-electron chi connectivity index (χ1n) is 10.2. The van der Waals surface area contributed by atoms with E-state index >= 15 is 0 Å². The van der Waals surface area contributed by atoms with Gasteiger partial charge in [-0.05, 0) is 44.7 Å². The van der Waals surface area contributed by atoms with Crippen LogP contribution < -0.4 is 5.32 Å². The van der Waals surface area contributed by atoms with Gasteiger partial charge < -0.3 is 5.32 Å². The summed E-state index contributed by atoms with van der Waals surface area (Å²) in [6.07, 6.45) is 4.71. The molecule has 0 amide bonds. The zero-order valence-corrected chi connectivity index (χ0v) is 17.5. The van der Waals surface area contributed by atoms with Crippen molar-refractivity contribution in [2.45, 2.75) is 46.1 Å². The van der Waals surface area contributed by atoms with Crippen molar-refractivity contribution in [2.75, 3.05) is 11.9 Å². The summed E-state index contributed by atoms with van der Waals surface area (Å²) in [5.41, 5.74) is 3.16. The molecule has 0 radical (unpaired) electrons. The molecule has 7 heteroatoms. The lowest BCUT2D eigenvalue weighted by atomic mass is 10.1. The lowest BCUT2D eigenvalue weighted by molar-refractivity contribution is 0.576. The van der Waals surface area contributed by atoms with Crippen molar-refractivity contribution in [2.24, 2.45) is 0 Å². The Labute approximate surface area is 175 Å². The minimum atomic E-state index is -0.500. The number of aromatic nitrogens is 4. The van der Waals surface area contributed by atoms with Gasteiger partial charge in [0.15, 0.2) is 17.5 Å². The molecule has 3 aromatic rings. The van der Waals surface area contributed by atoms with Crippen LogP contribution in [0.2, 0.25) is 0 Å². The molecule has 2 aromatic heterocycles. The van der Waals surface area contributed by atoms with Gasteiger partial charge in [-0.1, -0.05) is 30.7 Å². The van der Waals surface area contributed by atoms with Crippen LogP contribution in [0.5, 0.6) is 0 Å². The number of nitrogens with zero attached hydrogens (tertiary/aromatic N) is 4. The molecule has 0 bridgehead atoms. The van der Waals surface area contributed by atoms with Crippen LogP contribution in [0.25, 0.3) is 11.5 Å². The summed E-state index contributed by atoms with van der Waals surface area (Å²) in [7, 11) is 0. The molecule has 158 valence electrons. The maximum atomic E-state index is 14.1. The number of halogens is 2. The first-order valence-corrected chi connectivity index (χ1v) is 10.2. The van der Waals surface area contributed by atoms with Gasteiger partial charge in [0, 0.05) is 17.8 Å². The molecule has 1 aromatic carbocycles. The fraction of sp³-hybridized carbons (Fsp3) is 0.348. The van der Waals surface area contributed by atoms with E-state index < -0.39 is 5.82 Å². The van der Waals surface area contributed by atoms with Crippen molar-refractivity contribution >= 4 is 5.82 Å². The predicted molar refractivity (Wildman–Crippen MR) is 115 cm³/mol. The Hall–Kier alpha value is -3.09. The highest BCUT2D eigenvalue weighted by molar-refractivity contribution is 5.53. The van der Waals surface area contributed by atoms with Crippen molar-refractivity contribution < 1.29 is 8.78 Å². The van der Waals surface area contributed by atoms with Crippen LogP contribution in [0, 0.1) is 11.6 Å². The molecule has 0 spiro atoms. The molecular weight excluding hydrogens is 384 g/mol. The maximum Gasteiger partial charge on any atom is 0.183 e. The van der Waals surface area contributed by atoms with Crippen molar-refractivity contribution in [1.82, 2.24) is 19.7 Å². The number of hydrogen-bond acceptors (Lipinski definition) is 4. The highest BCUT2D eigenvalue weighted by Gasteiger charge is 2.15. The molecule has 30 heavy (non-hydrogen) atoms. The molecule has 0 unspecified atom stereocenters. The zero-order chi connectivity index (χ0) is 21.5. The summed E-state index contributed by atoms with van der Waals surface area (Å²) in [5.74, 6) is -0.271. The molecule has 0 atom stereocenters. The number of benzene rings is 1. The van der Waals surface area contributed by atoms with E-state index in [1.54, 1.807) is 22.9 Å². The number of aryl methyl sites for hydroxylation is 1. The summed E-state index contributed by atoms with van der Waals surface area (Å²) in [4.78, 5) is 8.43. The second-order valence-electron chi connectivity index (χ2n) is 7.35. The van der Waals surface area contributed by atoms with Crippen LogP contribution in [0.1, 0.15) is 44.4 Å². The number of allylic oxidation sites excluding steroid dienone is 1. The Balaban J connectivity index is 1.76. The van der Waals surface area contributed by atoms with Gasteiger partial charge in [-0.3, -0.25) is 4.68 Å². The average Bonchev–Trinajstić information content (AvgIpc) is 3.13. The van der Waals surface area contributed by atoms with Gasteiger partial charge in [0.25, 0.3) is 0 Å². The number of nitrogens with one attached hydrogen (secondary N) is 1. The summed E-state index contributed by atoms with van der Waals surface area (Å²) < 4.78 is 29.9. The van der Waals surface area contributed by atoms with E-state index in [1.165, 1.54) is 6.07 Å². The second-order valence-corrected chi connectivity index (χ2v) is 7.35. The largest absolute Gasteiger partial charge is 0.368 e. The highest BCUT2D eigenvalue weighted by Crippen LogP contribution is 2.20. The smallest absolute Gasteiger partial charge is 0.183 e. The lowest BCUT2D eigenvalue weighted by Crippen LogP contribution is -2.08. The topological polar surface area (TPSA) is 55.6 Å². The van der Waals surface area contributed by atoms with Gasteiger partial charge in [-0.15, -0.1) is 6.58 Å². The first kappa shape index (κ1) is 21.6. The van der Waals surface area contributed by atoms with E-state index in [9.17, 15) is 8.78 Å². The summed E-state index contributed by atoms with van der Waals surface area (Å²) in [6.45, 7) is 8.81. The molecule has 0 fully saturated rings. The molecule has 0 aliphatic rings. The third kappa shape index (κ3) is 5.49. The Morgan fingerprint density at radius 1 is 1.17 bits per heavy atom. The number of anilines is 1. The van der Waals surface area contributed by atoms with Crippen LogP contribution in [0.15, 0.2) is 48.7 Å². The van der Waals surface area contributed by atoms with Gasteiger partial charge in [-0.25, -0.2) is 18.7 Å². The van der Waals surface area contributed by atoms with E-state index in [4.69, 9.17) is 0 Å². The van der Waals surface area contributed by atoms with Gasteiger partial charge in [-0.2, -0.15) is 5.10 Å². The van der Waals surface area contributed by atoms with Gasteiger partial charge in [0.1, 0.15) is 11.5 Å². The number of hydrogen-bond donors (Lipinski definition) is 1. The molecule has 5 nitrogen and oxygen atoms in total. The Bertz CT molecular complexity index is 1010. The number of rotatable bonds is 10. The van der Waals surface area contributed by atoms with E-state index in [0.717, 1.165) is 43.1 Å². The van der Waals surface area contributed by atoms with Gasteiger partial charge in [0.05, 0.1) is 12.7 Å². The van der Waals surface area contributed by atoms with Gasteiger partial charge >= 0.3 is 0 Å². The summed E-state index contributed by atoms with van der Waals surface area (Å²) in [6, 6.07) is 8.49. The summed E-state index contributed by atoms with van der Waals surface area (Å²) in [5, 5.41) is 7.59. The van der Waals surface area contributed by atoms with E-state index in [0.29, 0.717) is 30.2 Å². The highest BCUT2D eigenvalue weighted by atomic mass is 19.1. The van der Waals surface area contributed by atoms with Crippen LogP contribution in [0.3, 0.4) is 0 Å². The monoisotopic (exact) mass is 411 g/mol. The molecule has 2 heterocycles. The lowest BCUT2D eigenvalue weighted by Gasteiger charge is -2.08. The molecule has 0 saturated carbocycles. The third-order valence-corrected chi connectivity index (χ3v) is 4.80. The molecule has 3 rings (SSSR count). The van der Waals surface area contributed by atoms with Crippen LogP contribution in [-0.4, -0.2) is 26.3 Å². The standard InChI is InChI=1S/C23H27F2N5/c1-4-18-13-21(29-30(18)15-17-10-5-6-11-19(17)24)23-27-14-20(25)22(28-23)26-12-8-7-9-16(2)3/h5-6,10-11,13-14H,2,4,7-9,12,15H2,1,3H3,(H,26,27,28). The minimum absolute atomic E-state index is 0.164. The van der Waals surface area contributed by atoms with Gasteiger partial charge in [0.2, 0.25) is 0 Å². The van der Waals surface area contributed by atoms with Crippen molar-refractivity contribution in [3.05, 3.63) is 71.6 Å².